The normalized spacial score (nSPS) is 20.2. The van der Waals surface area contributed by atoms with Gasteiger partial charge in [-0.05, 0) is 38.4 Å². The van der Waals surface area contributed by atoms with Crippen LogP contribution in [0.5, 0.6) is 0 Å². The van der Waals surface area contributed by atoms with Crippen molar-refractivity contribution in [3.63, 3.8) is 0 Å². The third-order valence-corrected chi connectivity index (χ3v) is 5.49. The van der Waals surface area contributed by atoms with Gasteiger partial charge >= 0.3 is 0 Å². The first-order valence-electron chi connectivity index (χ1n) is 9.61. The van der Waals surface area contributed by atoms with Gasteiger partial charge in [0.25, 0.3) is 5.91 Å². The summed E-state index contributed by atoms with van der Waals surface area (Å²) < 4.78 is 0. The van der Waals surface area contributed by atoms with Crippen LogP contribution in [0.3, 0.4) is 0 Å². The molecule has 27 heavy (non-hydrogen) atoms. The summed E-state index contributed by atoms with van der Waals surface area (Å²) >= 11 is 0. The van der Waals surface area contributed by atoms with Crippen molar-refractivity contribution in [1.29, 1.82) is 0 Å². The van der Waals surface area contributed by atoms with Gasteiger partial charge in [0.2, 0.25) is 0 Å². The van der Waals surface area contributed by atoms with Crippen LogP contribution in [0, 0.1) is 0 Å². The van der Waals surface area contributed by atoms with E-state index >= 15 is 0 Å². The minimum Gasteiger partial charge on any atom is -0.373 e. The first-order valence-corrected chi connectivity index (χ1v) is 9.61. The SMILES string of the molecule is CNc1nc([C@H]2CCCN(C(=O)c3cccnc3)C2)nc2c1CCN(C)C2. The summed E-state index contributed by atoms with van der Waals surface area (Å²) in [6.07, 6.45) is 6.27. The van der Waals surface area contributed by atoms with Crippen molar-refractivity contribution >= 4 is 11.7 Å². The molecule has 1 atom stereocenters. The molecule has 0 spiro atoms. The number of likely N-dealkylation sites (N-methyl/N-ethyl adjacent to an activating group) is 1. The van der Waals surface area contributed by atoms with Crippen molar-refractivity contribution in [3.05, 3.63) is 47.2 Å². The molecule has 0 aliphatic carbocycles. The Morgan fingerprint density at radius 3 is 2.96 bits per heavy atom. The molecule has 0 saturated carbocycles. The molecule has 4 heterocycles. The van der Waals surface area contributed by atoms with Gasteiger partial charge in [-0.3, -0.25) is 9.78 Å². The van der Waals surface area contributed by atoms with Crippen LogP contribution in [-0.4, -0.2) is 64.4 Å². The monoisotopic (exact) mass is 366 g/mol. The van der Waals surface area contributed by atoms with Crippen LogP contribution in [0.15, 0.2) is 24.5 Å². The van der Waals surface area contributed by atoms with Gasteiger partial charge in [0.15, 0.2) is 0 Å². The zero-order chi connectivity index (χ0) is 18.8. The van der Waals surface area contributed by atoms with E-state index in [0.717, 1.165) is 56.2 Å². The average Bonchev–Trinajstić information content (AvgIpc) is 2.72. The zero-order valence-electron chi connectivity index (χ0n) is 16.0. The summed E-state index contributed by atoms with van der Waals surface area (Å²) in [4.78, 5) is 30.8. The molecule has 1 N–H and O–H groups in total. The second-order valence-corrected chi connectivity index (χ2v) is 7.43. The number of aromatic nitrogens is 3. The summed E-state index contributed by atoms with van der Waals surface area (Å²) in [7, 11) is 4.04. The molecule has 0 aromatic carbocycles. The fraction of sp³-hybridized carbons (Fsp3) is 0.500. The predicted molar refractivity (Wildman–Crippen MR) is 104 cm³/mol. The lowest BCUT2D eigenvalue weighted by Crippen LogP contribution is -2.40. The Morgan fingerprint density at radius 1 is 1.30 bits per heavy atom. The topological polar surface area (TPSA) is 74.2 Å². The second-order valence-electron chi connectivity index (χ2n) is 7.43. The molecule has 7 heteroatoms. The van der Waals surface area contributed by atoms with Crippen molar-refractivity contribution in [2.45, 2.75) is 31.7 Å². The van der Waals surface area contributed by atoms with E-state index in [0.29, 0.717) is 12.1 Å². The molecule has 2 aromatic rings. The van der Waals surface area contributed by atoms with Crippen molar-refractivity contribution < 1.29 is 4.79 Å². The molecule has 0 radical (unpaired) electrons. The van der Waals surface area contributed by atoms with E-state index < -0.39 is 0 Å². The van der Waals surface area contributed by atoms with Crippen LogP contribution in [0.4, 0.5) is 5.82 Å². The van der Waals surface area contributed by atoms with Gasteiger partial charge in [0, 0.05) is 57.1 Å². The van der Waals surface area contributed by atoms with Crippen molar-refractivity contribution in [2.24, 2.45) is 0 Å². The number of fused-ring (bicyclic) bond motifs is 1. The highest BCUT2D eigenvalue weighted by Crippen LogP contribution is 2.30. The number of nitrogens with zero attached hydrogens (tertiary/aromatic N) is 5. The minimum atomic E-state index is 0.0410. The molecule has 142 valence electrons. The minimum absolute atomic E-state index is 0.0410. The van der Waals surface area contributed by atoms with E-state index in [1.807, 2.05) is 18.0 Å². The molecule has 7 nitrogen and oxygen atoms in total. The van der Waals surface area contributed by atoms with E-state index in [1.54, 1.807) is 18.5 Å². The van der Waals surface area contributed by atoms with Crippen LogP contribution in [0.2, 0.25) is 0 Å². The molecule has 1 saturated heterocycles. The molecule has 1 fully saturated rings. The van der Waals surface area contributed by atoms with Crippen molar-refractivity contribution in [1.82, 2.24) is 24.8 Å². The molecule has 0 bridgehead atoms. The first-order chi connectivity index (χ1) is 13.2. The molecule has 2 aliphatic heterocycles. The highest BCUT2D eigenvalue weighted by Gasteiger charge is 2.29. The summed E-state index contributed by atoms with van der Waals surface area (Å²) in [6, 6.07) is 3.63. The molecule has 0 unspecified atom stereocenters. The molecule has 2 aromatic heterocycles. The first kappa shape index (κ1) is 17.9. The van der Waals surface area contributed by atoms with E-state index in [2.05, 4.69) is 22.2 Å². The van der Waals surface area contributed by atoms with Gasteiger partial charge in [-0.1, -0.05) is 0 Å². The van der Waals surface area contributed by atoms with E-state index in [9.17, 15) is 4.79 Å². The molecular formula is C20H26N6O. The Hall–Kier alpha value is -2.54. The number of carbonyl (C=O) groups excluding carboxylic acids is 1. The standard InChI is InChI=1S/C20H26N6O/c1-21-19-16-7-10-25(2)13-17(16)23-18(24-19)15-6-4-9-26(12-15)20(27)14-5-3-8-22-11-14/h3,5,8,11,15H,4,6-7,9-10,12-13H2,1-2H3,(H,21,23,24)/t15-/m0/s1. The van der Waals surface area contributed by atoms with Gasteiger partial charge < -0.3 is 15.1 Å². The van der Waals surface area contributed by atoms with Crippen LogP contribution >= 0.6 is 0 Å². The number of piperidine rings is 1. The lowest BCUT2D eigenvalue weighted by Gasteiger charge is -2.33. The Bertz CT molecular complexity index is 825. The quantitative estimate of drug-likeness (QED) is 0.895. The lowest BCUT2D eigenvalue weighted by molar-refractivity contribution is 0.0704. The van der Waals surface area contributed by atoms with E-state index in [1.165, 1.54) is 5.56 Å². The third kappa shape index (κ3) is 3.64. The molecule has 2 aliphatic rings. The van der Waals surface area contributed by atoms with E-state index in [4.69, 9.17) is 9.97 Å². The number of anilines is 1. The Labute approximate surface area is 159 Å². The second kappa shape index (κ2) is 7.60. The molecule has 1 amide bonds. The van der Waals surface area contributed by atoms with Crippen LogP contribution in [0.1, 0.15) is 46.2 Å². The number of hydrogen-bond donors (Lipinski definition) is 1. The number of nitrogens with one attached hydrogen (secondary N) is 1. The number of amides is 1. The number of likely N-dealkylation sites (tertiary alicyclic amines) is 1. The number of rotatable bonds is 3. The van der Waals surface area contributed by atoms with Crippen LogP contribution in [0.25, 0.3) is 0 Å². The smallest absolute Gasteiger partial charge is 0.255 e. The van der Waals surface area contributed by atoms with Crippen molar-refractivity contribution in [2.75, 3.05) is 39.0 Å². The van der Waals surface area contributed by atoms with Gasteiger partial charge in [-0.15, -0.1) is 0 Å². The van der Waals surface area contributed by atoms with Crippen molar-refractivity contribution in [3.8, 4) is 0 Å². The fourth-order valence-electron chi connectivity index (χ4n) is 4.01. The van der Waals surface area contributed by atoms with Gasteiger partial charge in [0.1, 0.15) is 11.6 Å². The summed E-state index contributed by atoms with van der Waals surface area (Å²) in [5, 5.41) is 3.25. The Balaban J connectivity index is 1.58. The maximum atomic E-state index is 12.8. The van der Waals surface area contributed by atoms with Gasteiger partial charge in [0.05, 0.1) is 11.3 Å². The van der Waals surface area contributed by atoms with Gasteiger partial charge in [-0.2, -0.15) is 0 Å². The highest BCUT2D eigenvalue weighted by atomic mass is 16.2. The Morgan fingerprint density at radius 2 is 2.19 bits per heavy atom. The summed E-state index contributed by atoms with van der Waals surface area (Å²) in [6.45, 7) is 3.31. The Kier molecular flexibility index (Phi) is 5.03. The number of hydrogen-bond acceptors (Lipinski definition) is 6. The van der Waals surface area contributed by atoms with E-state index in [-0.39, 0.29) is 11.8 Å². The lowest BCUT2D eigenvalue weighted by atomic mass is 9.95. The zero-order valence-corrected chi connectivity index (χ0v) is 16.0. The van der Waals surface area contributed by atoms with Crippen LogP contribution in [-0.2, 0) is 13.0 Å². The third-order valence-electron chi connectivity index (χ3n) is 5.49. The number of pyridine rings is 1. The largest absolute Gasteiger partial charge is 0.373 e. The number of carbonyl (C=O) groups is 1. The van der Waals surface area contributed by atoms with Crippen LogP contribution < -0.4 is 5.32 Å². The maximum Gasteiger partial charge on any atom is 0.255 e. The molecular weight excluding hydrogens is 340 g/mol. The fourth-order valence-corrected chi connectivity index (χ4v) is 4.01. The predicted octanol–water partition coefficient (Wildman–Crippen LogP) is 1.92. The summed E-state index contributed by atoms with van der Waals surface area (Å²) in [5.41, 5.74) is 2.99. The maximum absolute atomic E-state index is 12.8. The molecule has 4 rings (SSSR count). The highest BCUT2D eigenvalue weighted by molar-refractivity contribution is 5.94. The summed E-state index contributed by atoms with van der Waals surface area (Å²) in [5.74, 6) is 2.01. The van der Waals surface area contributed by atoms with Gasteiger partial charge in [-0.25, -0.2) is 9.97 Å². The average molecular weight is 366 g/mol.